The van der Waals surface area contributed by atoms with Gasteiger partial charge in [0, 0.05) is 12.3 Å². The van der Waals surface area contributed by atoms with Crippen LogP contribution in [0.3, 0.4) is 0 Å². The molecule has 1 saturated carbocycles. The number of carbonyl (C=O) groups excluding carboxylic acids is 1. The normalized spacial score (nSPS) is 21.3. The molecule has 0 spiro atoms. The molecule has 0 radical (unpaired) electrons. The van der Waals surface area contributed by atoms with Crippen molar-refractivity contribution in [3.8, 4) is 0 Å². The predicted molar refractivity (Wildman–Crippen MR) is 102 cm³/mol. The quantitative estimate of drug-likeness (QED) is 0.544. The Morgan fingerprint density at radius 2 is 1.83 bits per heavy atom. The van der Waals surface area contributed by atoms with Crippen molar-refractivity contribution >= 4 is 16.6 Å². The van der Waals surface area contributed by atoms with E-state index in [1.807, 2.05) is 0 Å². The summed E-state index contributed by atoms with van der Waals surface area (Å²) < 4.78 is 0. The van der Waals surface area contributed by atoms with E-state index in [1.165, 1.54) is 42.0 Å². The molecule has 2 aromatic carbocycles. The van der Waals surface area contributed by atoms with Gasteiger partial charge in [0.1, 0.15) is 5.78 Å². The summed E-state index contributed by atoms with van der Waals surface area (Å²) in [5.41, 5.74) is 1.40. The first-order chi connectivity index (χ1) is 11.8. The molecule has 0 aliphatic heterocycles. The van der Waals surface area contributed by atoms with E-state index >= 15 is 0 Å². The van der Waals surface area contributed by atoms with Crippen LogP contribution < -0.4 is 0 Å². The molecule has 1 aliphatic rings. The number of aryl methyl sites for hydroxylation is 1. The van der Waals surface area contributed by atoms with Gasteiger partial charge in [-0.05, 0) is 47.9 Å². The zero-order valence-corrected chi connectivity index (χ0v) is 15.0. The molecule has 2 unspecified atom stereocenters. The number of carbonyl (C=O) groups is 1. The van der Waals surface area contributed by atoms with E-state index in [-0.39, 0.29) is 0 Å². The molecule has 0 N–H and O–H groups in total. The minimum Gasteiger partial charge on any atom is -0.299 e. The predicted octanol–water partition coefficient (Wildman–Crippen LogP) is 6.34. The van der Waals surface area contributed by atoms with Crippen molar-refractivity contribution < 1.29 is 4.79 Å². The standard InChI is InChI=1S/C23H30O/c1-2-3-4-8-18-13-16-23(24)21(17-18)15-14-20-11-7-10-19-9-5-6-12-22(19)20/h5-7,9-12,18,21H,2-4,8,13-17H2,1H3. The topological polar surface area (TPSA) is 17.1 Å². The molecule has 2 atom stereocenters. The minimum atomic E-state index is 0.296. The van der Waals surface area contributed by atoms with E-state index in [1.54, 1.807) is 0 Å². The van der Waals surface area contributed by atoms with Crippen molar-refractivity contribution in [2.75, 3.05) is 0 Å². The molecule has 24 heavy (non-hydrogen) atoms. The fourth-order valence-electron chi connectivity index (χ4n) is 4.27. The number of rotatable bonds is 7. The molecule has 0 heterocycles. The van der Waals surface area contributed by atoms with Gasteiger partial charge in [-0.25, -0.2) is 0 Å². The minimum absolute atomic E-state index is 0.296. The fourth-order valence-corrected chi connectivity index (χ4v) is 4.27. The molecule has 2 aromatic rings. The summed E-state index contributed by atoms with van der Waals surface area (Å²) in [6.07, 6.45) is 10.4. The third-order valence-electron chi connectivity index (χ3n) is 5.73. The molecule has 1 aliphatic carbocycles. The van der Waals surface area contributed by atoms with Crippen molar-refractivity contribution in [1.29, 1.82) is 0 Å². The van der Waals surface area contributed by atoms with Crippen LogP contribution in [0, 0.1) is 11.8 Å². The van der Waals surface area contributed by atoms with E-state index < -0.39 is 0 Å². The monoisotopic (exact) mass is 322 g/mol. The fraction of sp³-hybridized carbons (Fsp3) is 0.522. The van der Waals surface area contributed by atoms with Gasteiger partial charge in [-0.3, -0.25) is 4.79 Å². The lowest BCUT2D eigenvalue weighted by molar-refractivity contribution is -0.125. The molecule has 1 nitrogen and oxygen atoms in total. The highest BCUT2D eigenvalue weighted by molar-refractivity contribution is 5.86. The second kappa shape index (κ2) is 8.46. The molecule has 128 valence electrons. The first-order valence-electron chi connectivity index (χ1n) is 9.77. The Balaban J connectivity index is 1.61. The molecule has 0 amide bonds. The van der Waals surface area contributed by atoms with Gasteiger partial charge < -0.3 is 0 Å². The van der Waals surface area contributed by atoms with Gasteiger partial charge >= 0.3 is 0 Å². The number of fused-ring (bicyclic) bond motifs is 1. The summed E-state index contributed by atoms with van der Waals surface area (Å²) in [6, 6.07) is 15.1. The molecular formula is C23H30O. The van der Waals surface area contributed by atoms with Crippen LogP contribution in [0.5, 0.6) is 0 Å². The summed E-state index contributed by atoms with van der Waals surface area (Å²) in [6.45, 7) is 2.26. The maximum Gasteiger partial charge on any atom is 0.136 e. The van der Waals surface area contributed by atoms with Crippen molar-refractivity contribution in [1.82, 2.24) is 0 Å². The second-order valence-electron chi connectivity index (χ2n) is 7.48. The van der Waals surface area contributed by atoms with Gasteiger partial charge in [0.05, 0.1) is 0 Å². The van der Waals surface area contributed by atoms with Crippen molar-refractivity contribution in [3.63, 3.8) is 0 Å². The molecule has 0 saturated heterocycles. The summed E-state index contributed by atoms with van der Waals surface area (Å²) in [7, 11) is 0. The lowest BCUT2D eigenvalue weighted by Crippen LogP contribution is -2.25. The summed E-state index contributed by atoms with van der Waals surface area (Å²) >= 11 is 0. The molecular weight excluding hydrogens is 292 g/mol. The molecule has 1 fully saturated rings. The van der Waals surface area contributed by atoms with Crippen molar-refractivity contribution in [2.45, 2.75) is 64.7 Å². The van der Waals surface area contributed by atoms with Crippen LogP contribution in [0.4, 0.5) is 0 Å². The lowest BCUT2D eigenvalue weighted by atomic mass is 9.76. The summed E-state index contributed by atoms with van der Waals surface area (Å²) in [5, 5.41) is 2.66. The Morgan fingerprint density at radius 3 is 2.71 bits per heavy atom. The van der Waals surface area contributed by atoms with Gasteiger partial charge in [0.25, 0.3) is 0 Å². The number of benzene rings is 2. The van der Waals surface area contributed by atoms with E-state index in [0.717, 1.165) is 38.0 Å². The van der Waals surface area contributed by atoms with Crippen molar-refractivity contribution in [2.24, 2.45) is 11.8 Å². The summed E-state index contributed by atoms with van der Waals surface area (Å²) in [4.78, 5) is 12.4. The lowest BCUT2D eigenvalue weighted by Gasteiger charge is -2.28. The number of hydrogen-bond donors (Lipinski definition) is 0. The molecule has 3 rings (SSSR count). The molecule has 0 aromatic heterocycles. The van der Waals surface area contributed by atoms with Gasteiger partial charge in [-0.2, -0.15) is 0 Å². The van der Waals surface area contributed by atoms with Crippen LogP contribution in [0.25, 0.3) is 10.8 Å². The Morgan fingerprint density at radius 1 is 1.00 bits per heavy atom. The van der Waals surface area contributed by atoms with Crippen LogP contribution in [-0.2, 0) is 11.2 Å². The van der Waals surface area contributed by atoms with E-state index in [4.69, 9.17) is 0 Å². The first kappa shape index (κ1) is 17.2. The maximum absolute atomic E-state index is 12.4. The van der Waals surface area contributed by atoms with Crippen LogP contribution in [0.2, 0.25) is 0 Å². The van der Waals surface area contributed by atoms with E-state index in [0.29, 0.717) is 11.7 Å². The second-order valence-corrected chi connectivity index (χ2v) is 7.48. The van der Waals surface area contributed by atoms with Crippen LogP contribution in [0.15, 0.2) is 42.5 Å². The third-order valence-corrected chi connectivity index (χ3v) is 5.73. The van der Waals surface area contributed by atoms with Gasteiger partial charge in [-0.1, -0.05) is 75.1 Å². The van der Waals surface area contributed by atoms with Crippen molar-refractivity contribution in [3.05, 3.63) is 48.0 Å². The number of unbranched alkanes of at least 4 members (excludes halogenated alkanes) is 2. The Hall–Kier alpha value is -1.63. The highest BCUT2D eigenvalue weighted by Crippen LogP contribution is 2.33. The Kier molecular flexibility index (Phi) is 6.07. The smallest absolute Gasteiger partial charge is 0.136 e. The SMILES string of the molecule is CCCCCC1CCC(=O)C(CCc2cccc3ccccc23)C1. The Labute approximate surface area is 146 Å². The van der Waals surface area contributed by atoms with Crippen LogP contribution in [0.1, 0.15) is 63.9 Å². The number of ketones is 1. The molecule has 1 heteroatoms. The number of hydrogen-bond acceptors (Lipinski definition) is 1. The maximum atomic E-state index is 12.4. The van der Waals surface area contributed by atoms with Crippen LogP contribution >= 0.6 is 0 Å². The van der Waals surface area contributed by atoms with Gasteiger partial charge in [0.2, 0.25) is 0 Å². The van der Waals surface area contributed by atoms with E-state index in [2.05, 4.69) is 49.4 Å². The average Bonchev–Trinajstić information content (AvgIpc) is 2.62. The zero-order chi connectivity index (χ0) is 16.8. The molecule has 0 bridgehead atoms. The van der Waals surface area contributed by atoms with Gasteiger partial charge in [0.15, 0.2) is 0 Å². The average molecular weight is 322 g/mol. The van der Waals surface area contributed by atoms with Gasteiger partial charge in [-0.15, -0.1) is 0 Å². The first-order valence-corrected chi connectivity index (χ1v) is 9.77. The zero-order valence-electron chi connectivity index (χ0n) is 15.0. The summed E-state index contributed by atoms with van der Waals surface area (Å²) in [5.74, 6) is 1.60. The van der Waals surface area contributed by atoms with E-state index in [9.17, 15) is 4.79 Å². The van der Waals surface area contributed by atoms with Crippen LogP contribution in [-0.4, -0.2) is 5.78 Å². The largest absolute Gasteiger partial charge is 0.299 e. The Bertz CT molecular complexity index is 667. The highest BCUT2D eigenvalue weighted by Gasteiger charge is 2.28. The third kappa shape index (κ3) is 4.26. The highest BCUT2D eigenvalue weighted by atomic mass is 16.1. The number of Topliss-reactive ketones (excluding diaryl/α,β-unsaturated/α-hetero) is 1.